The number of amides is 3. The molecule has 0 spiro atoms. The van der Waals surface area contributed by atoms with E-state index in [2.05, 4.69) is 15.3 Å². The van der Waals surface area contributed by atoms with E-state index >= 15 is 0 Å². The van der Waals surface area contributed by atoms with Crippen LogP contribution < -0.4 is 5.32 Å². The standard InChI is InChI=1S/C16H10N4O3S/c21-12(19-13-11-5-6-24-14(11)18-8-17-13)7-20-15(22)9-3-1-2-4-10(9)16(20)23/h1-6,8H,7H2,(H,17,18,19,21). The van der Waals surface area contributed by atoms with Crippen LogP contribution in [0.2, 0.25) is 0 Å². The summed E-state index contributed by atoms with van der Waals surface area (Å²) in [5, 5.41) is 5.20. The Labute approximate surface area is 139 Å². The van der Waals surface area contributed by atoms with Crippen LogP contribution in [0.5, 0.6) is 0 Å². The van der Waals surface area contributed by atoms with Crippen LogP contribution in [-0.2, 0) is 4.79 Å². The van der Waals surface area contributed by atoms with Crippen LogP contribution in [0.1, 0.15) is 20.7 Å². The lowest BCUT2D eigenvalue weighted by Crippen LogP contribution is -2.37. The van der Waals surface area contributed by atoms with E-state index in [0.29, 0.717) is 16.9 Å². The molecule has 0 fully saturated rings. The molecule has 4 rings (SSSR count). The SMILES string of the molecule is O=C(CN1C(=O)c2ccccc2C1=O)Nc1ncnc2sccc12. The zero-order chi connectivity index (χ0) is 16.7. The largest absolute Gasteiger partial charge is 0.308 e. The molecule has 7 nitrogen and oxygen atoms in total. The van der Waals surface area contributed by atoms with Gasteiger partial charge in [0.1, 0.15) is 23.5 Å². The van der Waals surface area contributed by atoms with E-state index in [1.165, 1.54) is 17.7 Å². The first-order valence-electron chi connectivity index (χ1n) is 7.08. The third-order valence-corrected chi connectivity index (χ3v) is 4.52. The van der Waals surface area contributed by atoms with E-state index in [0.717, 1.165) is 15.1 Å². The van der Waals surface area contributed by atoms with Crippen LogP contribution in [-0.4, -0.2) is 39.1 Å². The van der Waals surface area contributed by atoms with Crippen LogP contribution in [0, 0.1) is 0 Å². The lowest BCUT2D eigenvalue weighted by Gasteiger charge is -2.13. The molecule has 1 N–H and O–H groups in total. The topological polar surface area (TPSA) is 92.3 Å². The quantitative estimate of drug-likeness (QED) is 0.737. The Kier molecular flexibility index (Phi) is 3.31. The summed E-state index contributed by atoms with van der Waals surface area (Å²) in [6, 6.07) is 8.32. The van der Waals surface area contributed by atoms with Gasteiger partial charge in [0.2, 0.25) is 5.91 Å². The highest BCUT2D eigenvalue weighted by Gasteiger charge is 2.36. The maximum absolute atomic E-state index is 12.3. The van der Waals surface area contributed by atoms with Gasteiger partial charge in [0.05, 0.1) is 16.5 Å². The molecular weight excluding hydrogens is 328 g/mol. The number of fused-ring (bicyclic) bond motifs is 2. The number of benzene rings is 1. The molecule has 0 radical (unpaired) electrons. The minimum absolute atomic E-state index is 0.317. The summed E-state index contributed by atoms with van der Waals surface area (Å²) in [7, 11) is 0. The number of thiophene rings is 1. The molecule has 8 heteroatoms. The highest BCUT2D eigenvalue weighted by Crippen LogP contribution is 2.25. The molecule has 3 aromatic rings. The van der Waals surface area contributed by atoms with Gasteiger partial charge in [-0.1, -0.05) is 12.1 Å². The van der Waals surface area contributed by atoms with Gasteiger partial charge in [-0.3, -0.25) is 19.3 Å². The maximum atomic E-state index is 12.3. The molecule has 1 aliphatic rings. The number of hydrogen-bond donors (Lipinski definition) is 1. The Morgan fingerprint density at radius 3 is 2.50 bits per heavy atom. The fourth-order valence-corrected chi connectivity index (χ4v) is 3.32. The highest BCUT2D eigenvalue weighted by molar-refractivity contribution is 7.16. The van der Waals surface area contributed by atoms with Crippen molar-refractivity contribution >= 4 is 45.1 Å². The van der Waals surface area contributed by atoms with Gasteiger partial charge in [-0.25, -0.2) is 9.97 Å². The minimum Gasteiger partial charge on any atom is -0.308 e. The summed E-state index contributed by atoms with van der Waals surface area (Å²) in [5.41, 5.74) is 0.634. The number of carbonyl (C=O) groups is 3. The number of nitrogens with zero attached hydrogens (tertiary/aromatic N) is 3. The van der Waals surface area contributed by atoms with E-state index in [9.17, 15) is 14.4 Å². The first kappa shape index (κ1) is 14.5. The predicted octanol–water partition coefficient (Wildman–Crippen LogP) is 1.93. The molecule has 118 valence electrons. The van der Waals surface area contributed by atoms with E-state index in [1.54, 1.807) is 30.3 Å². The Morgan fingerprint density at radius 2 is 1.79 bits per heavy atom. The second-order valence-corrected chi connectivity index (χ2v) is 6.05. The molecule has 0 unspecified atom stereocenters. The molecule has 0 atom stereocenters. The molecule has 1 aliphatic heterocycles. The van der Waals surface area contributed by atoms with E-state index < -0.39 is 17.7 Å². The smallest absolute Gasteiger partial charge is 0.262 e. The summed E-state index contributed by atoms with van der Waals surface area (Å²) in [6.45, 7) is -0.359. The molecular formula is C16H10N4O3S. The number of anilines is 1. The minimum atomic E-state index is -0.490. The lowest BCUT2D eigenvalue weighted by molar-refractivity contribution is -0.116. The van der Waals surface area contributed by atoms with Crippen LogP contribution in [0.4, 0.5) is 5.82 Å². The van der Waals surface area contributed by atoms with E-state index in [1.807, 2.05) is 5.38 Å². The van der Waals surface area contributed by atoms with E-state index in [4.69, 9.17) is 0 Å². The Balaban J connectivity index is 1.54. The number of nitrogens with one attached hydrogen (secondary N) is 1. The van der Waals surface area contributed by atoms with Gasteiger partial charge < -0.3 is 5.32 Å². The summed E-state index contributed by atoms with van der Waals surface area (Å²) in [4.78, 5) is 46.6. The van der Waals surface area contributed by atoms with Crippen molar-refractivity contribution in [2.24, 2.45) is 0 Å². The lowest BCUT2D eigenvalue weighted by atomic mass is 10.1. The van der Waals surface area contributed by atoms with Crippen LogP contribution in [0.25, 0.3) is 10.2 Å². The fourth-order valence-electron chi connectivity index (χ4n) is 2.59. The highest BCUT2D eigenvalue weighted by atomic mass is 32.1. The molecule has 0 saturated heterocycles. The third kappa shape index (κ3) is 2.24. The van der Waals surface area contributed by atoms with Gasteiger partial charge in [0, 0.05) is 0 Å². The normalized spacial score (nSPS) is 13.4. The fraction of sp³-hybridized carbons (Fsp3) is 0.0625. The molecule has 3 amide bonds. The van der Waals surface area contributed by atoms with Crippen LogP contribution in [0.3, 0.4) is 0 Å². The second kappa shape index (κ2) is 5.50. The number of imide groups is 1. The van der Waals surface area contributed by atoms with Crippen LogP contribution >= 0.6 is 11.3 Å². The average Bonchev–Trinajstić information content (AvgIpc) is 3.16. The van der Waals surface area contributed by atoms with E-state index in [-0.39, 0.29) is 6.54 Å². The average molecular weight is 338 g/mol. The molecule has 0 bridgehead atoms. The van der Waals surface area contributed by atoms with Crippen molar-refractivity contribution in [1.29, 1.82) is 0 Å². The van der Waals surface area contributed by atoms with Gasteiger partial charge >= 0.3 is 0 Å². The maximum Gasteiger partial charge on any atom is 0.262 e. The van der Waals surface area contributed by atoms with Gasteiger partial charge in [-0.05, 0) is 23.6 Å². The number of hydrogen-bond acceptors (Lipinski definition) is 6. The van der Waals surface area contributed by atoms with Crippen molar-refractivity contribution in [2.75, 3.05) is 11.9 Å². The molecule has 0 aliphatic carbocycles. The molecule has 0 saturated carbocycles. The van der Waals surface area contributed by atoms with Crippen LogP contribution in [0.15, 0.2) is 42.0 Å². The first-order chi connectivity index (χ1) is 11.6. The van der Waals surface area contributed by atoms with Gasteiger partial charge in [-0.2, -0.15) is 0 Å². The first-order valence-corrected chi connectivity index (χ1v) is 7.96. The molecule has 2 aromatic heterocycles. The van der Waals surface area contributed by atoms with Gasteiger partial charge in [0.25, 0.3) is 11.8 Å². The zero-order valence-corrected chi connectivity index (χ0v) is 13.0. The Morgan fingerprint density at radius 1 is 1.08 bits per heavy atom. The molecule has 24 heavy (non-hydrogen) atoms. The third-order valence-electron chi connectivity index (χ3n) is 3.70. The summed E-state index contributed by atoms with van der Waals surface area (Å²) in [5.74, 6) is -1.05. The van der Waals surface area contributed by atoms with Crippen molar-refractivity contribution in [3.63, 3.8) is 0 Å². The van der Waals surface area contributed by atoms with Crippen molar-refractivity contribution in [2.45, 2.75) is 0 Å². The summed E-state index contributed by atoms with van der Waals surface area (Å²) < 4.78 is 0. The van der Waals surface area contributed by atoms with Crippen molar-refractivity contribution in [3.8, 4) is 0 Å². The molecule has 3 heterocycles. The summed E-state index contributed by atoms with van der Waals surface area (Å²) in [6.07, 6.45) is 1.36. The van der Waals surface area contributed by atoms with Crippen molar-refractivity contribution in [3.05, 3.63) is 53.2 Å². The van der Waals surface area contributed by atoms with Gasteiger partial charge in [-0.15, -0.1) is 11.3 Å². The number of rotatable bonds is 3. The molecule has 1 aromatic carbocycles. The number of carbonyl (C=O) groups excluding carboxylic acids is 3. The summed E-state index contributed by atoms with van der Waals surface area (Å²) >= 11 is 1.43. The second-order valence-electron chi connectivity index (χ2n) is 5.15. The van der Waals surface area contributed by atoms with Crippen molar-refractivity contribution < 1.29 is 14.4 Å². The predicted molar refractivity (Wildman–Crippen MR) is 87.9 cm³/mol. The van der Waals surface area contributed by atoms with Gasteiger partial charge in [0.15, 0.2) is 0 Å². The Bertz CT molecular complexity index is 963. The van der Waals surface area contributed by atoms with Crippen molar-refractivity contribution in [1.82, 2.24) is 14.9 Å². The Hall–Kier alpha value is -3.13. The monoisotopic (exact) mass is 338 g/mol. The number of aromatic nitrogens is 2. The zero-order valence-electron chi connectivity index (χ0n) is 12.2.